The molecule has 5 heterocycles. The maximum atomic E-state index is 14.3. The van der Waals surface area contributed by atoms with Gasteiger partial charge < -0.3 is 56.0 Å². The molecule has 1 aliphatic carbocycles. The average Bonchev–Trinajstić information content (AvgIpc) is 3.67. The molecule has 1 spiro atoms. The number of rotatable bonds is 25. The summed E-state index contributed by atoms with van der Waals surface area (Å²) in [5.74, 6) is -1.75. The average molecular weight is 1120 g/mol. The van der Waals surface area contributed by atoms with Gasteiger partial charge in [-0.1, -0.05) is 44.6 Å². The number of carbonyl (C=O) groups is 8. The van der Waals surface area contributed by atoms with Gasteiger partial charge in [0, 0.05) is 62.5 Å². The van der Waals surface area contributed by atoms with Crippen LogP contribution in [0.25, 0.3) is 11.0 Å². The Morgan fingerprint density at radius 3 is 2.43 bits per heavy atom. The van der Waals surface area contributed by atoms with Crippen molar-refractivity contribution in [3.05, 3.63) is 107 Å². The summed E-state index contributed by atoms with van der Waals surface area (Å²) in [5.41, 5.74) is 6.34. The van der Waals surface area contributed by atoms with Gasteiger partial charge in [0.25, 0.3) is 29.2 Å². The normalized spacial score (nSPS) is 17.5. The predicted octanol–water partition coefficient (Wildman–Crippen LogP) is 3.88. The highest BCUT2D eigenvalue weighted by molar-refractivity contribution is 6.12. The minimum absolute atomic E-state index is 0.0853. The van der Waals surface area contributed by atoms with Gasteiger partial charge in [-0.3, -0.25) is 43.4 Å². The zero-order chi connectivity index (χ0) is 57.8. The number of aromatic nitrogens is 3. The number of pyridine rings is 1. The first-order valence-corrected chi connectivity index (χ1v) is 27.2. The van der Waals surface area contributed by atoms with E-state index in [0.29, 0.717) is 71.8 Å². The number of methoxy groups -OCH3 is 1. The molecule has 3 atom stereocenters. The van der Waals surface area contributed by atoms with Gasteiger partial charge >= 0.3 is 12.1 Å². The zero-order valence-corrected chi connectivity index (χ0v) is 46.0. The van der Waals surface area contributed by atoms with Crippen molar-refractivity contribution < 1.29 is 52.6 Å². The summed E-state index contributed by atoms with van der Waals surface area (Å²) < 4.78 is 18.7. The first-order chi connectivity index (χ1) is 38.8. The van der Waals surface area contributed by atoms with Crippen LogP contribution in [0.2, 0.25) is 0 Å². The first kappa shape index (κ1) is 58.5. The molecule has 2 aromatic heterocycles. The molecule has 3 aliphatic heterocycles. The van der Waals surface area contributed by atoms with E-state index in [1.165, 1.54) is 24.4 Å². The lowest BCUT2D eigenvalue weighted by Gasteiger charge is -2.34. The molecular formula is C57H70N12O12. The maximum Gasteiger partial charge on any atom is 0.410 e. The highest BCUT2D eigenvalue weighted by atomic mass is 16.6. The van der Waals surface area contributed by atoms with Gasteiger partial charge in [-0.05, 0) is 112 Å². The molecule has 9 amide bonds. The van der Waals surface area contributed by atoms with E-state index in [0.717, 1.165) is 37.3 Å². The molecule has 24 heteroatoms. The number of urea groups is 1. The molecule has 2 aromatic carbocycles. The first-order valence-electron chi connectivity index (χ1n) is 27.2. The minimum Gasteiger partial charge on any atom is -0.497 e. The number of nitrogens with zero attached hydrogens (tertiary/aromatic N) is 6. The lowest BCUT2D eigenvalue weighted by atomic mass is 9.86. The van der Waals surface area contributed by atoms with Crippen LogP contribution in [0, 0.1) is 11.3 Å². The van der Waals surface area contributed by atoms with Crippen LogP contribution in [0.5, 0.6) is 11.5 Å². The number of unbranched alkanes of at least 4 members (excludes halogenated alkanes) is 2. The number of likely N-dealkylation sites (tertiary alicyclic amines) is 1. The number of nitrogens with one attached hydrogen (secondary N) is 5. The van der Waals surface area contributed by atoms with E-state index in [4.69, 9.17) is 19.9 Å². The summed E-state index contributed by atoms with van der Waals surface area (Å²) in [6, 6.07) is 13.5. The summed E-state index contributed by atoms with van der Waals surface area (Å²) in [4.78, 5) is 130. The van der Waals surface area contributed by atoms with E-state index in [-0.39, 0.29) is 92.2 Å². The van der Waals surface area contributed by atoms with Crippen molar-refractivity contribution in [3.8, 4) is 11.5 Å². The Hall–Kier alpha value is -8.67. The molecule has 0 radical (unpaired) electrons. The van der Waals surface area contributed by atoms with Crippen molar-refractivity contribution in [2.45, 2.75) is 109 Å². The topological polar surface area (TPSA) is 308 Å². The van der Waals surface area contributed by atoms with Crippen LogP contribution in [-0.2, 0) is 53.2 Å². The second-order valence-electron chi connectivity index (χ2n) is 21.2. The molecule has 430 valence electrons. The van der Waals surface area contributed by atoms with Gasteiger partial charge in [-0.2, -0.15) is 0 Å². The summed E-state index contributed by atoms with van der Waals surface area (Å²) in [7, 11) is 1.58. The monoisotopic (exact) mass is 1110 g/mol. The Bertz CT molecular complexity index is 3140. The fourth-order valence-electron chi connectivity index (χ4n) is 10.2. The lowest BCUT2D eigenvalue weighted by molar-refractivity contribution is -0.137. The molecule has 8 rings (SSSR count). The van der Waals surface area contributed by atoms with Crippen molar-refractivity contribution in [2.24, 2.45) is 17.1 Å². The SMILES string of the molecule is COc1ccc2ncc(=O)n(CCN3CCC4(CC3)CC4N(Cc3ccc4c(n3)NC(=O)CO4)C(=O)OCc3ccc(NC(=O)C(/C=C/CCNC(N)=O)NC(=O)C(C)(NC(=O)CCCCCN4C(=O)C=CC4=O)C(C)C)cc3)c2c1. The fraction of sp³-hybridized carbons (Fsp3) is 0.456. The van der Waals surface area contributed by atoms with E-state index in [1.807, 2.05) is 18.2 Å². The number of primary amides is 1. The predicted molar refractivity (Wildman–Crippen MR) is 297 cm³/mol. The van der Waals surface area contributed by atoms with Gasteiger partial charge in [0.2, 0.25) is 11.8 Å². The third-order valence-electron chi connectivity index (χ3n) is 15.5. The Balaban J connectivity index is 0.880. The molecule has 4 aliphatic rings. The van der Waals surface area contributed by atoms with E-state index < -0.39 is 41.4 Å². The smallest absolute Gasteiger partial charge is 0.410 e. The van der Waals surface area contributed by atoms with Crippen molar-refractivity contribution in [1.29, 1.82) is 0 Å². The molecular weight excluding hydrogens is 1040 g/mol. The quantitative estimate of drug-likeness (QED) is 0.0312. The van der Waals surface area contributed by atoms with Crippen LogP contribution >= 0.6 is 0 Å². The number of piperidine rings is 1. The van der Waals surface area contributed by atoms with Gasteiger partial charge in [-0.25, -0.2) is 19.6 Å². The minimum atomic E-state index is -1.44. The van der Waals surface area contributed by atoms with Gasteiger partial charge in [-0.15, -0.1) is 0 Å². The van der Waals surface area contributed by atoms with Crippen molar-refractivity contribution in [3.63, 3.8) is 0 Å². The number of benzene rings is 2. The summed E-state index contributed by atoms with van der Waals surface area (Å²) in [6.07, 6.45) is 10.6. The lowest BCUT2D eigenvalue weighted by Crippen LogP contribution is -2.62. The second kappa shape index (κ2) is 26.1. The van der Waals surface area contributed by atoms with Crippen LogP contribution in [0.4, 0.5) is 21.1 Å². The number of fused-ring (bicyclic) bond motifs is 2. The van der Waals surface area contributed by atoms with Crippen molar-refractivity contribution in [2.75, 3.05) is 57.1 Å². The summed E-state index contributed by atoms with van der Waals surface area (Å²) >= 11 is 0. The Morgan fingerprint density at radius 1 is 0.963 bits per heavy atom. The number of carbonyl (C=O) groups excluding carboxylic acids is 8. The molecule has 1 saturated carbocycles. The van der Waals surface area contributed by atoms with E-state index >= 15 is 0 Å². The van der Waals surface area contributed by atoms with Crippen molar-refractivity contribution >= 4 is 70.1 Å². The number of hydrogen-bond acceptors (Lipinski definition) is 15. The number of amides is 9. The highest BCUT2D eigenvalue weighted by Gasteiger charge is 2.59. The Kier molecular flexibility index (Phi) is 18.8. The third kappa shape index (κ3) is 14.8. The Labute approximate surface area is 468 Å². The van der Waals surface area contributed by atoms with Gasteiger partial charge in [0.1, 0.15) is 23.9 Å². The zero-order valence-electron chi connectivity index (χ0n) is 46.0. The van der Waals surface area contributed by atoms with Crippen LogP contribution < -0.4 is 47.4 Å². The van der Waals surface area contributed by atoms with Gasteiger partial charge in [0.05, 0.1) is 36.6 Å². The van der Waals surface area contributed by atoms with E-state index in [9.17, 15) is 43.2 Å². The highest BCUT2D eigenvalue weighted by Crippen LogP contribution is 2.57. The third-order valence-corrected chi connectivity index (χ3v) is 15.5. The Morgan fingerprint density at radius 2 is 1.72 bits per heavy atom. The summed E-state index contributed by atoms with van der Waals surface area (Å²) in [5, 5.41) is 13.7. The summed E-state index contributed by atoms with van der Waals surface area (Å²) in [6.45, 7) is 8.03. The molecule has 7 N–H and O–H groups in total. The number of anilines is 2. The molecule has 0 bridgehead atoms. The number of nitrogens with two attached hydrogens (primary N) is 1. The number of hydrogen-bond donors (Lipinski definition) is 6. The van der Waals surface area contributed by atoms with Gasteiger partial charge in [0.15, 0.2) is 18.2 Å². The fourth-order valence-corrected chi connectivity index (χ4v) is 10.2. The van der Waals surface area contributed by atoms with E-state index in [2.05, 4.69) is 41.5 Å². The van der Waals surface area contributed by atoms with Crippen LogP contribution in [0.3, 0.4) is 0 Å². The number of imide groups is 1. The molecule has 81 heavy (non-hydrogen) atoms. The van der Waals surface area contributed by atoms with Crippen LogP contribution in [0.15, 0.2) is 89.9 Å². The largest absolute Gasteiger partial charge is 0.497 e. The maximum absolute atomic E-state index is 14.3. The second-order valence-corrected chi connectivity index (χ2v) is 21.2. The van der Waals surface area contributed by atoms with Crippen molar-refractivity contribution in [1.82, 2.24) is 45.2 Å². The standard InChI is InChI=1S/C57H70N12O12/c1-36(2)56(3,65-46(70)11-6-5-9-25-68-48(72)20-21-49(68)73)53(76)63-42(10-7-8-24-59-54(58)77)52(75)62-38-14-12-37(13-15-38)34-81-55(78)69(33-39-16-19-44-51(61-39)64-47(71)35-80-44)45-31-57(45)22-26-66(27-23-57)28-29-67-43-30-40(79-4)17-18-41(43)60-32-50(67)74/h7,10,12-21,30,32,36,42,45H,5-6,8-9,11,22-29,31,33-35H2,1-4H3,(H,62,75)(H,63,76)(H,65,70)(H3,58,59,77)(H,61,64,71)/b10-7+. The number of ether oxygens (including phenoxy) is 3. The molecule has 4 aromatic rings. The molecule has 3 unspecified atom stereocenters. The van der Waals surface area contributed by atoms with Crippen LogP contribution in [-0.4, -0.2) is 141 Å². The molecule has 1 saturated heterocycles. The van der Waals surface area contributed by atoms with Crippen LogP contribution in [0.1, 0.15) is 83.4 Å². The van der Waals surface area contributed by atoms with E-state index in [1.54, 1.807) is 79.8 Å². The molecule has 24 nitrogen and oxygen atoms in total. The molecule has 2 fully saturated rings.